The summed E-state index contributed by atoms with van der Waals surface area (Å²) in [4.78, 5) is 0. The van der Waals surface area contributed by atoms with Crippen LogP contribution in [-0.4, -0.2) is 51.3 Å². The molecule has 0 aliphatic rings. The predicted molar refractivity (Wildman–Crippen MR) is 23.7 cm³/mol. The molecule has 0 aromatic carbocycles. The van der Waals surface area contributed by atoms with E-state index < -0.39 is 13.4 Å². The van der Waals surface area contributed by atoms with Crippen molar-refractivity contribution in [2.45, 2.75) is 0 Å². The molecule has 0 saturated carbocycles. The van der Waals surface area contributed by atoms with Crippen LogP contribution in [0.15, 0.2) is 0 Å². The molecule has 5 nitrogen and oxygen atoms in total. The second-order valence-corrected chi connectivity index (χ2v) is 2.33. The van der Waals surface area contributed by atoms with Crippen LogP contribution in [0.3, 0.4) is 0 Å². The fourth-order valence-corrected chi connectivity index (χ4v) is 0. The van der Waals surface area contributed by atoms with Gasteiger partial charge >= 0.3 is 59.0 Å². The molecule has 0 bridgehead atoms. The van der Waals surface area contributed by atoms with Gasteiger partial charge in [0.2, 0.25) is 0 Å². The molecule has 0 heterocycles. The first-order chi connectivity index (χ1) is 2.00. The number of rotatable bonds is 0. The third-order valence-corrected chi connectivity index (χ3v) is 0. The SMILES string of the molecule is N.O=[Se](=O)(O)O.[NaH]. The molecule has 0 unspecified atom stereocenters. The molecule has 0 spiro atoms. The molecule has 0 saturated heterocycles. The van der Waals surface area contributed by atoms with E-state index in [0.717, 1.165) is 0 Å². The quantitative estimate of drug-likeness (QED) is 0.371. The normalized spacial score (nSPS) is 8.29. The monoisotopic (exact) mass is 187 g/mol. The van der Waals surface area contributed by atoms with Crippen LogP contribution in [0.4, 0.5) is 0 Å². The van der Waals surface area contributed by atoms with Gasteiger partial charge in [0.25, 0.3) is 0 Å². The molecule has 0 aromatic rings. The van der Waals surface area contributed by atoms with Crippen molar-refractivity contribution in [2.75, 3.05) is 0 Å². The second-order valence-electron chi connectivity index (χ2n) is 0.448. The summed E-state index contributed by atoms with van der Waals surface area (Å²) in [6.07, 6.45) is 0. The Morgan fingerprint density at radius 2 is 1.14 bits per heavy atom. The molecular weight excluding hydrogens is 180 g/mol. The summed E-state index contributed by atoms with van der Waals surface area (Å²) < 4.78 is 31.9. The fraction of sp³-hybridized carbons (Fsp3) is 0. The van der Waals surface area contributed by atoms with Crippen LogP contribution in [0, 0.1) is 0 Å². The molecule has 0 radical (unpaired) electrons. The summed E-state index contributed by atoms with van der Waals surface area (Å²) in [5, 5.41) is 0. The average molecular weight is 186 g/mol. The van der Waals surface area contributed by atoms with Gasteiger partial charge in [-0.25, -0.2) is 0 Å². The van der Waals surface area contributed by atoms with E-state index >= 15 is 0 Å². The molecule has 0 atom stereocenters. The van der Waals surface area contributed by atoms with Crippen molar-refractivity contribution in [3.63, 3.8) is 0 Å². The van der Waals surface area contributed by atoms with E-state index in [1.54, 1.807) is 0 Å². The second kappa shape index (κ2) is 5.14. The van der Waals surface area contributed by atoms with Gasteiger partial charge < -0.3 is 6.15 Å². The number of hydrogen-bond donors (Lipinski definition) is 3. The van der Waals surface area contributed by atoms with E-state index in [0.29, 0.717) is 0 Å². The van der Waals surface area contributed by atoms with Crippen molar-refractivity contribution in [3.8, 4) is 0 Å². The Bertz CT molecular complexity index is 94.9. The van der Waals surface area contributed by atoms with Crippen LogP contribution in [-0.2, 0) is 7.67 Å². The van der Waals surface area contributed by atoms with Crippen LogP contribution in [0.1, 0.15) is 0 Å². The Morgan fingerprint density at radius 3 is 1.14 bits per heavy atom. The van der Waals surface area contributed by atoms with Gasteiger partial charge in [0.05, 0.1) is 0 Å². The average Bonchev–Trinajstić information content (AvgIpc) is 0.722. The van der Waals surface area contributed by atoms with Crippen molar-refractivity contribution in [1.29, 1.82) is 0 Å². The topological polar surface area (TPSA) is 110 Å². The molecule has 7 heteroatoms. The van der Waals surface area contributed by atoms with Crippen LogP contribution < -0.4 is 6.15 Å². The first-order valence-electron chi connectivity index (χ1n) is 0.698. The van der Waals surface area contributed by atoms with E-state index in [9.17, 15) is 0 Å². The van der Waals surface area contributed by atoms with Gasteiger partial charge in [-0.3, -0.25) is 0 Å². The fourth-order valence-electron chi connectivity index (χ4n) is 0. The van der Waals surface area contributed by atoms with E-state index in [2.05, 4.69) is 0 Å². The maximum absolute atomic E-state index is 8.82. The third-order valence-electron chi connectivity index (χ3n) is 0. The van der Waals surface area contributed by atoms with Gasteiger partial charge in [-0.2, -0.15) is 0 Å². The van der Waals surface area contributed by atoms with Gasteiger partial charge in [-0.1, -0.05) is 0 Å². The van der Waals surface area contributed by atoms with Gasteiger partial charge in [0, 0.05) is 0 Å². The van der Waals surface area contributed by atoms with E-state index in [1.165, 1.54) is 0 Å². The van der Waals surface area contributed by atoms with E-state index in [1.807, 2.05) is 0 Å². The summed E-state index contributed by atoms with van der Waals surface area (Å²) in [6.45, 7) is 0. The maximum atomic E-state index is 8.82. The van der Waals surface area contributed by atoms with Gasteiger partial charge in [0.1, 0.15) is 0 Å². The zero-order valence-electron chi connectivity index (χ0n) is 2.83. The molecule has 0 fully saturated rings. The zero-order chi connectivity index (χ0) is 4.50. The van der Waals surface area contributed by atoms with Crippen molar-refractivity contribution in [3.05, 3.63) is 0 Å². The summed E-state index contributed by atoms with van der Waals surface area (Å²) in [7, 11) is 0. The minimum atomic E-state index is -5.25. The minimum absolute atomic E-state index is 0. The Balaban J connectivity index is -0.0000000800. The molecule has 0 amide bonds. The summed E-state index contributed by atoms with van der Waals surface area (Å²) in [5.74, 6) is 0. The summed E-state index contributed by atoms with van der Waals surface area (Å²) >= 11 is -5.25. The third kappa shape index (κ3) is 175. The molecule has 0 aliphatic heterocycles. The van der Waals surface area contributed by atoms with Crippen molar-refractivity contribution < 1.29 is 16.0 Å². The molecule has 0 aromatic heterocycles. The Kier molecular flexibility index (Phi) is 11.5. The molecule has 42 valence electrons. The van der Waals surface area contributed by atoms with E-state index in [-0.39, 0.29) is 35.7 Å². The van der Waals surface area contributed by atoms with Crippen LogP contribution in [0.2, 0.25) is 0 Å². The Morgan fingerprint density at radius 1 is 1.14 bits per heavy atom. The first-order valence-corrected chi connectivity index (χ1v) is 3.63. The van der Waals surface area contributed by atoms with Crippen LogP contribution in [0.5, 0.6) is 0 Å². The molecule has 5 N–H and O–H groups in total. The van der Waals surface area contributed by atoms with Crippen molar-refractivity contribution >= 4 is 42.9 Å². The molecular formula is H6NNaO4Se. The molecule has 0 rings (SSSR count). The van der Waals surface area contributed by atoms with Gasteiger partial charge in [-0.15, -0.1) is 0 Å². The Labute approximate surface area is 64.9 Å². The van der Waals surface area contributed by atoms with Crippen LogP contribution >= 0.6 is 0 Å². The molecule has 7 heavy (non-hydrogen) atoms. The van der Waals surface area contributed by atoms with Crippen LogP contribution in [0.25, 0.3) is 0 Å². The standard InChI is InChI=1S/H3N.Na.H2O4Se.H/c;;1-5(2,3)4;/h1H3;;(H2,1,2,3,4);. The zero-order valence-corrected chi connectivity index (χ0v) is 4.54. The van der Waals surface area contributed by atoms with E-state index in [4.69, 9.17) is 16.0 Å². The van der Waals surface area contributed by atoms with Crippen molar-refractivity contribution in [1.82, 2.24) is 6.15 Å². The Hall–Kier alpha value is 0.999. The molecule has 0 aliphatic carbocycles. The summed E-state index contributed by atoms with van der Waals surface area (Å²) in [5.41, 5.74) is 0. The summed E-state index contributed by atoms with van der Waals surface area (Å²) in [6, 6.07) is 0. The van der Waals surface area contributed by atoms with Gasteiger partial charge in [-0.05, 0) is 0 Å². The van der Waals surface area contributed by atoms with Crippen molar-refractivity contribution in [2.24, 2.45) is 0 Å². The first kappa shape index (κ1) is 15.7. The number of hydrogen-bond acceptors (Lipinski definition) is 3. The predicted octanol–water partition coefficient (Wildman–Crippen LogP) is -2.22. The van der Waals surface area contributed by atoms with Gasteiger partial charge in [0.15, 0.2) is 0 Å².